The zero-order valence-corrected chi connectivity index (χ0v) is 15.4. The van der Waals surface area contributed by atoms with Crippen LogP contribution in [0.3, 0.4) is 0 Å². The van der Waals surface area contributed by atoms with E-state index in [-0.39, 0.29) is 12.6 Å². The normalized spacial score (nSPS) is 21.5. The number of urea groups is 1. The number of anilines is 1. The van der Waals surface area contributed by atoms with Crippen LogP contribution in [0.1, 0.15) is 38.2 Å². The van der Waals surface area contributed by atoms with E-state index in [1.54, 1.807) is 4.90 Å². The highest BCUT2D eigenvalue weighted by Gasteiger charge is 2.28. The summed E-state index contributed by atoms with van der Waals surface area (Å²) >= 11 is 0. The van der Waals surface area contributed by atoms with E-state index in [4.69, 9.17) is 5.11 Å². The summed E-state index contributed by atoms with van der Waals surface area (Å²) in [6.07, 6.45) is 5.58. The van der Waals surface area contributed by atoms with Crippen LogP contribution in [-0.2, 0) is 11.3 Å². The molecule has 2 aliphatic rings. The van der Waals surface area contributed by atoms with Gasteiger partial charge in [-0.1, -0.05) is 13.0 Å². The van der Waals surface area contributed by atoms with Gasteiger partial charge in [-0.3, -0.25) is 4.79 Å². The third-order valence-electron chi connectivity index (χ3n) is 5.42. The molecular weight excluding hydrogens is 332 g/mol. The summed E-state index contributed by atoms with van der Waals surface area (Å²) in [4.78, 5) is 31.8. The minimum Gasteiger partial charge on any atom is -0.481 e. The van der Waals surface area contributed by atoms with Crippen LogP contribution in [0.2, 0.25) is 0 Å². The maximum Gasteiger partial charge on any atom is 0.317 e. The summed E-state index contributed by atoms with van der Waals surface area (Å²) in [6, 6.07) is 3.81. The number of pyridine rings is 1. The van der Waals surface area contributed by atoms with Crippen LogP contribution in [0.4, 0.5) is 10.6 Å². The van der Waals surface area contributed by atoms with E-state index in [0.717, 1.165) is 36.8 Å². The van der Waals surface area contributed by atoms with Crippen molar-refractivity contribution in [2.75, 3.05) is 31.1 Å². The Bertz CT molecular complexity index is 626. The number of aliphatic carboxylic acids is 1. The molecule has 2 amide bonds. The molecule has 7 nitrogen and oxygen atoms in total. The van der Waals surface area contributed by atoms with Crippen molar-refractivity contribution >= 4 is 17.8 Å². The van der Waals surface area contributed by atoms with Crippen LogP contribution >= 0.6 is 0 Å². The minimum absolute atomic E-state index is 0.204. The molecule has 0 aliphatic carbocycles. The van der Waals surface area contributed by atoms with Crippen LogP contribution in [-0.4, -0.2) is 53.2 Å². The Kier molecular flexibility index (Phi) is 5.96. The van der Waals surface area contributed by atoms with Gasteiger partial charge < -0.3 is 20.2 Å². The highest BCUT2D eigenvalue weighted by atomic mass is 16.4. The quantitative estimate of drug-likeness (QED) is 0.861. The van der Waals surface area contributed by atoms with E-state index in [1.165, 1.54) is 12.8 Å². The number of aromatic nitrogens is 1. The second-order valence-corrected chi connectivity index (χ2v) is 7.48. The first-order chi connectivity index (χ1) is 12.5. The summed E-state index contributed by atoms with van der Waals surface area (Å²) in [5.74, 6) is 0.501. The van der Waals surface area contributed by atoms with Crippen molar-refractivity contribution in [2.24, 2.45) is 11.8 Å². The Morgan fingerprint density at radius 3 is 2.65 bits per heavy atom. The summed E-state index contributed by atoms with van der Waals surface area (Å²) in [7, 11) is 0. The molecule has 7 heteroatoms. The topological polar surface area (TPSA) is 85.8 Å². The highest BCUT2D eigenvalue weighted by molar-refractivity contribution is 5.76. The van der Waals surface area contributed by atoms with E-state index in [9.17, 15) is 9.59 Å². The van der Waals surface area contributed by atoms with Gasteiger partial charge in [-0.15, -0.1) is 0 Å². The maximum atomic E-state index is 12.3. The van der Waals surface area contributed by atoms with E-state index in [2.05, 4.69) is 22.1 Å². The van der Waals surface area contributed by atoms with Crippen LogP contribution < -0.4 is 10.2 Å². The zero-order chi connectivity index (χ0) is 18.5. The predicted molar refractivity (Wildman–Crippen MR) is 99.0 cm³/mol. The Labute approximate surface area is 154 Å². The number of amides is 2. The van der Waals surface area contributed by atoms with Gasteiger partial charge in [0.1, 0.15) is 5.82 Å². The molecule has 2 N–H and O–H groups in total. The lowest BCUT2D eigenvalue weighted by atomic mass is 9.99. The highest BCUT2D eigenvalue weighted by Crippen LogP contribution is 2.21. The number of carboxylic acid groups (broad SMARTS) is 1. The molecule has 0 radical (unpaired) electrons. The van der Waals surface area contributed by atoms with Gasteiger partial charge in [-0.05, 0) is 43.2 Å². The van der Waals surface area contributed by atoms with E-state index in [1.807, 2.05) is 18.3 Å². The molecular formula is C19H28N4O3. The van der Waals surface area contributed by atoms with E-state index < -0.39 is 11.9 Å². The van der Waals surface area contributed by atoms with E-state index in [0.29, 0.717) is 19.5 Å². The van der Waals surface area contributed by atoms with Crippen molar-refractivity contribution in [1.82, 2.24) is 15.2 Å². The van der Waals surface area contributed by atoms with Gasteiger partial charge in [0.2, 0.25) is 0 Å². The molecule has 142 valence electrons. The monoisotopic (exact) mass is 360 g/mol. The first-order valence-electron chi connectivity index (χ1n) is 9.48. The number of carbonyl (C=O) groups excluding carboxylic acids is 1. The first-order valence-corrected chi connectivity index (χ1v) is 9.48. The summed E-state index contributed by atoms with van der Waals surface area (Å²) in [5.41, 5.74) is 0.944. The largest absolute Gasteiger partial charge is 0.481 e. The number of nitrogens with zero attached hydrogens (tertiary/aromatic N) is 3. The second-order valence-electron chi connectivity index (χ2n) is 7.48. The summed E-state index contributed by atoms with van der Waals surface area (Å²) in [6.45, 7) is 5.68. The van der Waals surface area contributed by atoms with Crippen molar-refractivity contribution < 1.29 is 14.7 Å². The molecule has 3 rings (SSSR count). The number of hydrogen-bond donors (Lipinski definition) is 2. The number of piperidine rings is 2. The van der Waals surface area contributed by atoms with Crippen LogP contribution in [0.5, 0.6) is 0 Å². The fraction of sp³-hybridized carbons (Fsp3) is 0.632. The Morgan fingerprint density at radius 2 is 2.00 bits per heavy atom. The van der Waals surface area contributed by atoms with Gasteiger partial charge in [0, 0.05) is 38.9 Å². The first kappa shape index (κ1) is 18.5. The minimum atomic E-state index is -0.825. The third kappa shape index (κ3) is 4.65. The number of carbonyl (C=O) groups is 2. The standard InChI is InChI=1S/C19H28N4O3/c1-14-6-9-22(10-7-14)17-5-4-15(11-20-17)12-21-19(26)23-8-2-3-16(13-23)18(24)25/h4-5,11,14,16H,2-3,6-10,12-13H2,1H3,(H,21,26)(H,24,25). The third-order valence-corrected chi connectivity index (χ3v) is 5.42. The fourth-order valence-electron chi connectivity index (χ4n) is 3.60. The average Bonchev–Trinajstić information content (AvgIpc) is 2.67. The SMILES string of the molecule is CC1CCN(c2ccc(CNC(=O)N3CCCC(C(=O)O)C3)cn2)CC1. The van der Waals surface area contributed by atoms with Gasteiger partial charge in [-0.2, -0.15) is 0 Å². The van der Waals surface area contributed by atoms with Gasteiger partial charge in [0.25, 0.3) is 0 Å². The van der Waals surface area contributed by atoms with Gasteiger partial charge in [0.15, 0.2) is 0 Å². The zero-order valence-electron chi connectivity index (χ0n) is 15.4. The van der Waals surface area contributed by atoms with Crippen molar-refractivity contribution in [1.29, 1.82) is 0 Å². The van der Waals surface area contributed by atoms with E-state index >= 15 is 0 Å². The molecule has 0 spiro atoms. The van der Waals surface area contributed by atoms with Gasteiger partial charge >= 0.3 is 12.0 Å². The Balaban J connectivity index is 1.48. The van der Waals surface area contributed by atoms with Crippen LogP contribution in [0.15, 0.2) is 18.3 Å². The van der Waals surface area contributed by atoms with Crippen molar-refractivity contribution in [3.63, 3.8) is 0 Å². The summed E-state index contributed by atoms with van der Waals surface area (Å²) in [5, 5.41) is 12.0. The number of hydrogen-bond acceptors (Lipinski definition) is 4. The summed E-state index contributed by atoms with van der Waals surface area (Å²) < 4.78 is 0. The molecule has 0 bridgehead atoms. The van der Waals surface area contributed by atoms with Crippen molar-refractivity contribution in [2.45, 2.75) is 39.2 Å². The predicted octanol–water partition coefficient (Wildman–Crippen LogP) is 2.32. The van der Waals surface area contributed by atoms with Crippen LogP contribution in [0, 0.1) is 11.8 Å². The molecule has 26 heavy (non-hydrogen) atoms. The lowest BCUT2D eigenvalue weighted by Gasteiger charge is -2.31. The number of rotatable bonds is 4. The molecule has 2 aliphatic heterocycles. The molecule has 0 aromatic carbocycles. The lowest BCUT2D eigenvalue weighted by Crippen LogP contribution is -2.46. The van der Waals surface area contributed by atoms with Crippen LogP contribution in [0.25, 0.3) is 0 Å². The molecule has 1 unspecified atom stereocenters. The fourth-order valence-corrected chi connectivity index (χ4v) is 3.60. The van der Waals surface area contributed by atoms with Gasteiger partial charge in [0.05, 0.1) is 5.92 Å². The second kappa shape index (κ2) is 8.38. The molecule has 3 heterocycles. The lowest BCUT2D eigenvalue weighted by molar-refractivity contribution is -0.143. The molecule has 2 saturated heterocycles. The molecule has 1 aromatic rings. The average molecular weight is 360 g/mol. The number of likely N-dealkylation sites (tertiary alicyclic amines) is 1. The molecule has 1 aromatic heterocycles. The van der Waals surface area contributed by atoms with Crippen molar-refractivity contribution in [3.8, 4) is 0 Å². The number of nitrogens with one attached hydrogen (secondary N) is 1. The molecule has 0 saturated carbocycles. The van der Waals surface area contributed by atoms with Gasteiger partial charge in [-0.25, -0.2) is 9.78 Å². The Morgan fingerprint density at radius 1 is 1.23 bits per heavy atom. The smallest absolute Gasteiger partial charge is 0.317 e. The molecule has 2 fully saturated rings. The van der Waals surface area contributed by atoms with Crippen molar-refractivity contribution in [3.05, 3.63) is 23.9 Å². The number of carboxylic acids is 1. The molecule has 1 atom stereocenters. The maximum absolute atomic E-state index is 12.3. The Hall–Kier alpha value is -2.31.